The molecule has 1 atom stereocenters. The van der Waals surface area contributed by atoms with E-state index in [-0.39, 0.29) is 6.04 Å². The Morgan fingerprint density at radius 3 is 2.75 bits per heavy atom. The smallest absolute Gasteiger partial charge is 0.0571 e. The molecule has 2 nitrogen and oxygen atoms in total. The zero-order valence-corrected chi connectivity index (χ0v) is 10.7. The van der Waals surface area contributed by atoms with Gasteiger partial charge in [-0.25, -0.2) is 0 Å². The molecule has 0 bridgehead atoms. The Balaban J connectivity index is 1.96. The molecular formula is C13H20N2S. The quantitative estimate of drug-likeness (QED) is 0.869. The number of hydrogen-bond donors (Lipinski definition) is 1. The molecule has 0 radical (unpaired) electrons. The first-order chi connectivity index (χ1) is 7.79. The van der Waals surface area contributed by atoms with Crippen molar-refractivity contribution in [2.45, 2.75) is 55.2 Å². The third-order valence-corrected chi connectivity index (χ3v) is 4.50. The highest BCUT2D eigenvalue weighted by Gasteiger charge is 2.16. The number of rotatable bonds is 4. The fraction of sp³-hybridized carbons (Fsp3) is 0.615. The molecule has 1 aromatic heterocycles. The minimum Gasteiger partial charge on any atom is -0.323 e. The van der Waals surface area contributed by atoms with E-state index in [0.717, 1.165) is 17.4 Å². The van der Waals surface area contributed by atoms with Gasteiger partial charge in [-0.1, -0.05) is 19.8 Å². The van der Waals surface area contributed by atoms with Crippen molar-refractivity contribution in [1.82, 2.24) is 4.98 Å². The van der Waals surface area contributed by atoms with Gasteiger partial charge in [-0.05, 0) is 31.4 Å². The molecule has 0 unspecified atom stereocenters. The molecule has 1 saturated carbocycles. The molecule has 1 aliphatic rings. The van der Waals surface area contributed by atoms with E-state index >= 15 is 0 Å². The van der Waals surface area contributed by atoms with Crippen molar-refractivity contribution in [2.75, 3.05) is 0 Å². The molecule has 16 heavy (non-hydrogen) atoms. The van der Waals surface area contributed by atoms with E-state index in [1.165, 1.54) is 30.6 Å². The van der Waals surface area contributed by atoms with Crippen LogP contribution in [0.2, 0.25) is 0 Å². The van der Waals surface area contributed by atoms with E-state index in [0.29, 0.717) is 0 Å². The minimum atomic E-state index is 0.0885. The molecule has 1 aliphatic carbocycles. The lowest BCUT2D eigenvalue weighted by Crippen LogP contribution is -2.10. The summed E-state index contributed by atoms with van der Waals surface area (Å²) in [5.41, 5.74) is 6.95. The highest BCUT2D eigenvalue weighted by atomic mass is 32.2. The van der Waals surface area contributed by atoms with Gasteiger partial charge in [-0.2, -0.15) is 0 Å². The lowest BCUT2D eigenvalue weighted by atomic mass is 10.1. The van der Waals surface area contributed by atoms with Crippen LogP contribution in [-0.2, 0) is 0 Å². The maximum absolute atomic E-state index is 5.94. The summed E-state index contributed by atoms with van der Waals surface area (Å²) in [6.07, 6.45) is 8.44. The molecule has 3 heteroatoms. The lowest BCUT2D eigenvalue weighted by Gasteiger charge is -2.11. The Bertz CT molecular complexity index is 317. The largest absolute Gasteiger partial charge is 0.323 e. The molecule has 0 aliphatic heterocycles. The Morgan fingerprint density at radius 1 is 1.44 bits per heavy atom. The molecule has 2 rings (SSSR count). The van der Waals surface area contributed by atoms with E-state index in [9.17, 15) is 0 Å². The molecule has 0 saturated heterocycles. The van der Waals surface area contributed by atoms with Gasteiger partial charge in [0, 0.05) is 22.4 Å². The van der Waals surface area contributed by atoms with Gasteiger partial charge in [-0.3, -0.25) is 4.98 Å². The van der Waals surface area contributed by atoms with E-state index < -0.39 is 0 Å². The van der Waals surface area contributed by atoms with Gasteiger partial charge in [-0.15, -0.1) is 11.8 Å². The number of nitrogens with zero attached hydrogens (tertiary/aromatic N) is 1. The van der Waals surface area contributed by atoms with Crippen molar-refractivity contribution in [1.29, 1.82) is 0 Å². The summed E-state index contributed by atoms with van der Waals surface area (Å²) in [4.78, 5) is 5.74. The topological polar surface area (TPSA) is 38.9 Å². The lowest BCUT2D eigenvalue weighted by molar-refractivity contribution is 0.674. The van der Waals surface area contributed by atoms with Gasteiger partial charge in [0.1, 0.15) is 0 Å². The first-order valence-corrected chi connectivity index (χ1v) is 7.05. The van der Waals surface area contributed by atoms with Crippen LogP contribution in [0.25, 0.3) is 0 Å². The average molecular weight is 236 g/mol. The summed E-state index contributed by atoms with van der Waals surface area (Å²) in [6, 6.07) is 4.33. The molecule has 1 heterocycles. The van der Waals surface area contributed by atoms with Crippen LogP contribution in [0.4, 0.5) is 0 Å². The van der Waals surface area contributed by atoms with Gasteiger partial charge >= 0.3 is 0 Å². The van der Waals surface area contributed by atoms with Gasteiger partial charge in [0.15, 0.2) is 0 Å². The fourth-order valence-corrected chi connectivity index (χ4v) is 3.30. The van der Waals surface area contributed by atoms with Crippen LogP contribution in [0.15, 0.2) is 23.2 Å². The van der Waals surface area contributed by atoms with Gasteiger partial charge in [0.25, 0.3) is 0 Å². The Kier molecular flexibility index (Phi) is 4.24. The summed E-state index contributed by atoms with van der Waals surface area (Å²) in [7, 11) is 0. The number of aromatic nitrogens is 1. The number of nitrogens with two attached hydrogens (primary N) is 1. The SMILES string of the molecule is CC[C@@H](N)c1ccc(SC2CCCC2)cn1. The predicted octanol–water partition coefficient (Wildman–Crippen LogP) is 3.53. The van der Waals surface area contributed by atoms with Crippen molar-refractivity contribution >= 4 is 11.8 Å². The molecule has 0 spiro atoms. The third-order valence-electron chi connectivity index (χ3n) is 3.18. The minimum absolute atomic E-state index is 0.0885. The molecular weight excluding hydrogens is 216 g/mol. The Morgan fingerprint density at radius 2 is 2.19 bits per heavy atom. The van der Waals surface area contributed by atoms with Crippen molar-refractivity contribution in [3.63, 3.8) is 0 Å². The molecule has 1 fully saturated rings. The number of pyridine rings is 1. The molecule has 0 amide bonds. The van der Waals surface area contributed by atoms with E-state index in [1.807, 2.05) is 18.0 Å². The highest BCUT2D eigenvalue weighted by molar-refractivity contribution is 8.00. The number of thioether (sulfide) groups is 1. The molecule has 2 N–H and O–H groups in total. The van der Waals surface area contributed by atoms with E-state index in [2.05, 4.69) is 24.0 Å². The van der Waals surface area contributed by atoms with E-state index in [4.69, 9.17) is 5.73 Å². The second-order valence-corrected chi connectivity index (χ2v) is 5.83. The maximum atomic E-state index is 5.94. The Hall–Kier alpha value is -0.540. The van der Waals surface area contributed by atoms with E-state index in [1.54, 1.807) is 0 Å². The fourth-order valence-electron chi connectivity index (χ4n) is 2.09. The summed E-state index contributed by atoms with van der Waals surface area (Å²) >= 11 is 1.98. The van der Waals surface area contributed by atoms with Crippen LogP contribution >= 0.6 is 11.8 Å². The maximum Gasteiger partial charge on any atom is 0.0571 e. The van der Waals surface area contributed by atoms with Gasteiger partial charge in [0.2, 0.25) is 0 Å². The Labute approximate surface area is 102 Å². The van der Waals surface area contributed by atoms with Gasteiger partial charge in [0.05, 0.1) is 5.69 Å². The van der Waals surface area contributed by atoms with Crippen LogP contribution < -0.4 is 5.73 Å². The van der Waals surface area contributed by atoms with Crippen molar-refractivity contribution < 1.29 is 0 Å². The molecule has 1 aromatic rings. The van der Waals surface area contributed by atoms with Gasteiger partial charge < -0.3 is 5.73 Å². The van der Waals surface area contributed by atoms with Crippen molar-refractivity contribution in [3.8, 4) is 0 Å². The standard InChI is InChI=1S/C13H20N2S/c1-2-12(14)13-8-7-11(9-15-13)16-10-5-3-4-6-10/h7-10,12H,2-6,14H2,1H3/t12-/m1/s1. The van der Waals surface area contributed by atoms with Crippen LogP contribution in [0, 0.1) is 0 Å². The summed E-state index contributed by atoms with van der Waals surface area (Å²) in [5.74, 6) is 0. The predicted molar refractivity (Wildman–Crippen MR) is 69.6 cm³/mol. The first kappa shape index (κ1) is 11.9. The zero-order chi connectivity index (χ0) is 11.4. The third kappa shape index (κ3) is 2.98. The molecule has 0 aromatic carbocycles. The normalized spacial score (nSPS) is 18.9. The van der Waals surface area contributed by atoms with Crippen LogP contribution in [0.1, 0.15) is 50.8 Å². The summed E-state index contributed by atoms with van der Waals surface area (Å²) in [6.45, 7) is 2.09. The second kappa shape index (κ2) is 5.69. The van der Waals surface area contributed by atoms with Crippen molar-refractivity contribution in [2.24, 2.45) is 5.73 Å². The molecule has 88 valence electrons. The van der Waals surface area contributed by atoms with Crippen LogP contribution in [0.5, 0.6) is 0 Å². The zero-order valence-electron chi connectivity index (χ0n) is 9.86. The second-order valence-electron chi connectivity index (χ2n) is 4.46. The monoisotopic (exact) mass is 236 g/mol. The summed E-state index contributed by atoms with van der Waals surface area (Å²) < 4.78 is 0. The highest BCUT2D eigenvalue weighted by Crippen LogP contribution is 2.34. The number of hydrogen-bond acceptors (Lipinski definition) is 3. The average Bonchev–Trinajstić information content (AvgIpc) is 2.82. The first-order valence-electron chi connectivity index (χ1n) is 6.17. The summed E-state index contributed by atoms with van der Waals surface area (Å²) in [5, 5.41) is 0.812. The van der Waals surface area contributed by atoms with Crippen LogP contribution in [-0.4, -0.2) is 10.2 Å². The van der Waals surface area contributed by atoms with Crippen molar-refractivity contribution in [3.05, 3.63) is 24.0 Å². The van der Waals surface area contributed by atoms with Crippen LogP contribution in [0.3, 0.4) is 0 Å².